The van der Waals surface area contributed by atoms with E-state index in [4.69, 9.17) is 0 Å². The third-order valence-electron chi connectivity index (χ3n) is 4.19. The molecule has 0 spiro atoms. The second-order valence-electron chi connectivity index (χ2n) is 6.18. The molecule has 146 valence electrons. The van der Waals surface area contributed by atoms with Crippen molar-refractivity contribution in [3.63, 3.8) is 0 Å². The molecule has 2 aromatic heterocycles. The first-order valence-electron chi connectivity index (χ1n) is 8.44. The predicted molar refractivity (Wildman–Crippen MR) is 105 cm³/mol. The van der Waals surface area contributed by atoms with Crippen molar-refractivity contribution in [1.82, 2.24) is 15.3 Å². The Morgan fingerprint density at radius 1 is 1.18 bits per heavy atom. The van der Waals surface area contributed by atoms with E-state index in [9.17, 15) is 17.6 Å². The minimum atomic E-state index is -3.92. The maximum absolute atomic E-state index is 13.0. The van der Waals surface area contributed by atoms with Gasteiger partial charge < -0.3 is 5.32 Å². The molecule has 3 rings (SSSR count). The van der Waals surface area contributed by atoms with Gasteiger partial charge in [0, 0.05) is 23.3 Å². The standard InChI is InChI=1S/C19H18FN3O3S2/c1-12(19-23-17(11-27-19)14-4-3-9-21-10-14)22-18(24)13(2)28(25,26)16-7-5-15(20)6-8-16/h3-13H,1-2H3,(H,22,24). The lowest BCUT2D eigenvalue weighted by Crippen LogP contribution is -2.39. The minimum absolute atomic E-state index is 0.0997. The molecule has 9 heteroatoms. The van der Waals surface area contributed by atoms with Crippen molar-refractivity contribution in [3.8, 4) is 11.3 Å². The molecule has 0 radical (unpaired) electrons. The molecular formula is C19H18FN3O3S2. The maximum Gasteiger partial charge on any atom is 0.238 e. The van der Waals surface area contributed by atoms with E-state index in [-0.39, 0.29) is 4.90 Å². The van der Waals surface area contributed by atoms with Gasteiger partial charge in [-0.25, -0.2) is 17.8 Å². The van der Waals surface area contributed by atoms with E-state index in [2.05, 4.69) is 15.3 Å². The number of aromatic nitrogens is 2. The Labute approximate surface area is 166 Å². The van der Waals surface area contributed by atoms with Crippen LogP contribution in [0, 0.1) is 5.82 Å². The summed E-state index contributed by atoms with van der Waals surface area (Å²) in [5, 5.41) is 3.87. The summed E-state index contributed by atoms with van der Waals surface area (Å²) in [4.78, 5) is 20.9. The van der Waals surface area contributed by atoms with E-state index in [0.29, 0.717) is 5.01 Å². The lowest BCUT2D eigenvalue weighted by molar-refractivity contribution is -0.121. The zero-order valence-electron chi connectivity index (χ0n) is 15.2. The van der Waals surface area contributed by atoms with Gasteiger partial charge in [0.25, 0.3) is 0 Å². The summed E-state index contributed by atoms with van der Waals surface area (Å²) < 4.78 is 38.2. The molecule has 2 heterocycles. The van der Waals surface area contributed by atoms with Crippen LogP contribution < -0.4 is 5.32 Å². The number of thiazole rings is 1. The summed E-state index contributed by atoms with van der Waals surface area (Å²) in [6.07, 6.45) is 3.36. The van der Waals surface area contributed by atoms with Crippen molar-refractivity contribution in [3.05, 3.63) is 65.0 Å². The number of benzene rings is 1. The third kappa shape index (κ3) is 4.26. The molecule has 1 N–H and O–H groups in total. The molecule has 1 aromatic carbocycles. The summed E-state index contributed by atoms with van der Waals surface area (Å²) in [6.45, 7) is 3.05. The molecule has 2 unspecified atom stereocenters. The fraction of sp³-hybridized carbons (Fsp3) is 0.211. The SMILES string of the molecule is CC(NC(=O)C(C)S(=O)(=O)c1ccc(F)cc1)c1nc(-c2cccnc2)cs1. The topological polar surface area (TPSA) is 89.0 Å². The average molecular weight is 420 g/mol. The summed E-state index contributed by atoms with van der Waals surface area (Å²) in [6, 6.07) is 7.63. The first-order valence-corrected chi connectivity index (χ1v) is 10.9. The van der Waals surface area contributed by atoms with Crippen LogP contribution in [0.2, 0.25) is 0 Å². The van der Waals surface area contributed by atoms with E-state index in [0.717, 1.165) is 35.5 Å². The second-order valence-corrected chi connectivity index (χ2v) is 9.34. The Hall–Kier alpha value is -2.65. The van der Waals surface area contributed by atoms with Crippen molar-refractivity contribution in [2.45, 2.75) is 30.0 Å². The van der Waals surface area contributed by atoms with Crippen molar-refractivity contribution < 1.29 is 17.6 Å². The summed E-state index contributed by atoms with van der Waals surface area (Å²) in [5.41, 5.74) is 1.59. The molecule has 0 saturated heterocycles. The number of hydrogen-bond acceptors (Lipinski definition) is 6. The van der Waals surface area contributed by atoms with Gasteiger partial charge in [-0.05, 0) is 50.2 Å². The zero-order chi connectivity index (χ0) is 20.3. The van der Waals surface area contributed by atoms with E-state index in [1.165, 1.54) is 18.3 Å². The quantitative estimate of drug-likeness (QED) is 0.619. The molecule has 0 aliphatic rings. The van der Waals surface area contributed by atoms with E-state index >= 15 is 0 Å². The van der Waals surface area contributed by atoms with Gasteiger partial charge in [0.2, 0.25) is 5.91 Å². The average Bonchev–Trinajstić information content (AvgIpc) is 3.18. The number of halogens is 1. The van der Waals surface area contributed by atoms with Crippen LogP contribution in [-0.2, 0) is 14.6 Å². The number of rotatable bonds is 6. The third-order valence-corrected chi connectivity index (χ3v) is 7.29. The number of nitrogens with zero attached hydrogens (tertiary/aromatic N) is 2. The predicted octanol–water partition coefficient (Wildman–Crippen LogP) is 3.38. The van der Waals surface area contributed by atoms with Gasteiger partial charge in [0.1, 0.15) is 16.1 Å². The Balaban J connectivity index is 1.72. The maximum atomic E-state index is 13.0. The summed E-state index contributed by atoms with van der Waals surface area (Å²) in [5.74, 6) is -1.19. The van der Waals surface area contributed by atoms with Gasteiger partial charge in [-0.2, -0.15) is 0 Å². The van der Waals surface area contributed by atoms with Crippen LogP contribution in [0.4, 0.5) is 4.39 Å². The van der Waals surface area contributed by atoms with Crippen LogP contribution >= 0.6 is 11.3 Å². The molecule has 2 atom stereocenters. The van der Waals surface area contributed by atoms with E-state index < -0.39 is 32.9 Å². The Bertz CT molecular complexity index is 1070. The normalized spacial score (nSPS) is 13.7. The number of nitrogens with one attached hydrogen (secondary N) is 1. The molecule has 0 fully saturated rings. The lowest BCUT2D eigenvalue weighted by atomic mass is 10.2. The molecule has 1 amide bonds. The van der Waals surface area contributed by atoms with Gasteiger partial charge in [0.05, 0.1) is 16.6 Å². The van der Waals surface area contributed by atoms with Gasteiger partial charge in [-0.1, -0.05) is 0 Å². The second kappa shape index (κ2) is 8.15. The number of hydrogen-bond donors (Lipinski definition) is 1. The highest BCUT2D eigenvalue weighted by molar-refractivity contribution is 7.92. The van der Waals surface area contributed by atoms with Crippen LogP contribution in [0.15, 0.2) is 59.1 Å². The zero-order valence-corrected chi connectivity index (χ0v) is 16.8. The number of carbonyl (C=O) groups excluding carboxylic acids is 1. The van der Waals surface area contributed by atoms with Crippen LogP contribution in [0.3, 0.4) is 0 Å². The highest BCUT2D eigenvalue weighted by Crippen LogP contribution is 2.25. The van der Waals surface area contributed by atoms with Crippen molar-refractivity contribution in [2.75, 3.05) is 0 Å². The molecule has 28 heavy (non-hydrogen) atoms. The molecular weight excluding hydrogens is 401 g/mol. The van der Waals surface area contributed by atoms with Crippen LogP contribution in [0.5, 0.6) is 0 Å². The fourth-order valence-corrected chi connectivity index (χ4v) is 4.60. The van der Waals surface area contributed by atoms with Gasteiger partial charge in [0.15, 0.2) is 9.84 Å². The highest BCUT2D eigenvalue weighted by atomic mass is 32.2. The van der Waals surface area contributed by atoms with Crippen molar-refractivity contribution in [2.24, 2.45) is 0 Å². The number of sulfone groups is 1. The summed E-state index contributed by atoms with van der Waals surface area (Å²) in [7, 11) is -3.92. The highest BCUT2D eigenvalue weighted by Gasteiger charge is 2.31. The van der Waals surface area contributed by atoms with Crippen LogP contribution in [0.1, 0.15) is 24.9 Å². The number of pyridine rings is 1. The first kappa shape index (κ1) is 20.1. The van der Waals surface area contributed by atoms with Crippen molar-refractivity contribution in [1.29, 1.82) is 0 Å². The lowest BCUT2D eigenvalue weighted by Gasteiger charge is -2.16. The largest absolute Gasteiger partial charge is 0.346 e. The van der Waals surface area contributed by atoms with Crippen molar-refractivity contribution >= 4 is 27.1 Å². The molecule has 0 bridgehead atoms. The molecule has 0 saturated carbocycles. The minimum Gasteiger partial charge on any atom is -0.346 e. The Morgan fingerprint density at radius 2 is 1.89 bits per heavy atom. The van der Waals surface area contributed by atoms with Gasteiger partial charge >= 0.3 is 0 Å². The smallest absolute Gasteiger partial charge is 0.238 e. The van der Waals surface area contributed by atoms with Gasteiger partial charge in [-0.15, -0.1) is 11.3 Å². The van der Waals surface area contributed by atoms with Crippen LogP contribution in [0.25, 0.3) is 11.3 Å². The molecule has 3 aromatic rings. The number of amides is 1. The van der Waals surface area contributed by atoms with Gasteiger partial charge in [-0.3, -0.25) is 9.78 Å². The monoisotopic (exact) mass is 419 g/mol. The van der Waals surface area contributed by atoms with E-state index in [1.54, 1.807) is 19.3 Å². The Kier molecular flexibility index (Phi) is 5.85. The summed E-state index contributed by atoms with van der Waals surface area (Å²) >= 11 is 1.37. The fourth-order valence-electron chi connectivity index (χ4n) is 2.50. The van der Waals surface area contributed by atoms with Crippen LogP contribution in [-0.4, -0.2) is 29.5 Å². The first-order chi connectivity index (χ1) is 13.3. The van der Waals surface area contributed by atoms with E-state index in [1.807, 2.05) is 17.5 Å². The Morgan fingerprint density at radius 3 is 2.54 bits per heavy atom. The molecule has 0 aliphatic carbocycles. The molecule has 6 nitrogen and oxygen atoms in total. The molecule has 0 aliphatic heterocycles. The number of carbonyl (C=O) groups is 1.